The van der Waals surface area contributed by atoms with Crippen LogP contribution in [0.5, 0.6) is 11.6 Å². The van der Waals surface area contributed by atoms with Gasteiger partial charge in [-0.3, -0.25) is 4.79 Å². The lowest BCUT2D eigenvalue weighted by atomic mass is 10.1. The molecule has 1 amide bonds. The van der Waals surface area contributed by atoms with Gasteiger partial charge in [-0.15, -0.1) is 0 Å². The molecule has 0 bridgehead atoms. The maximum absolute atomic E-state index is 13.5. The van der Waals surface area contributed by atoms with E-state index in [0.29, 0.717) is 30.3 Å². The Morgan fingerprint density at radius 1 is 1.16 bits per heavy atom. The number of hydrogen-bond acceptors (Lipinski definition) is 3. The summed E-state index contributed by atoms with van der Waals surface area (Å²) in [5.41, 5.74) is 2.48. The molecule has 3 aromatic rings. The number of carbonyl (C=O) groups is 1. The van der Waals surface area contributed by atoms with E-state index in [-0.39, 0.29) is 23.7 Å². The molecular formula is C25H28FN3O2. The summed E-state index contributed by atoms with van der Waals surface area (Å²) in [4.78, 5) is 14.9. The lowest BCUT2D eigenvalue weighted by Gasteiger charge is -2.25. The molecule has 4 rings (SSSR count). The van der Waals surface area contributed by atoms with Gasteiger partial charge < -0.3 is 9.64 Å². The quantitative estimate of drug-likeness (QED) is 0.482. The Morgan fingerprint density at radius 2 is 1.84 bits per heavy atom. The van der Waals surface area contributed by atoms with Crippen LogP contribution in [0.25, 0.3) is 5.69 Å². The van der Waals surface area contributed by atoms with E-state index >= 15 is 0 Å². The molecule has 0 spiro atoms. The molecule has 31 heavy (non-hydrogen) atoms. The van der Waals surface area contributed by atoms with Gasteiger partial charge in [0.1, 0.15) is 11.6 Å². The molecular weight excluding hydrogens is 393 g/mol. The average molecular weight is 422 g/mol. The van der Waals surface area contributed by atoms with Crippen LogP contribution < -0.4 is 4.74 Å². The number of nitrogens with zero attached hydrogens (tertiary/aromatic N) is 3. The number of hydrogen-bond donors (Lipinski definition) is 0. The normalized spacial score (nSPS) is 13.5. The highest BCUT2D eigenvalue weighted by Crippen LogP contribution is 2.36. The molecule has 0 unspecified atom stereocenters. The van der Waals surface area contributed by atoms with Gasteiger partial charge in [-0.2, -0.15) is 5.10 Å². The van der Waals surface area contributed by atoms with Crippen molar-refractivity contribution in [3.05, 3.63) is 71.7 Å². The highest BCUT2D eigenvalue weighted by Gasteiger charge is 2.35. The monoisotopic (exact) mass is 421 g/mol. The van der Waals surface area contributed by atoms with Crippen molar-refractivity contribution in [2.75, 3.05) is 0 Å². The summed E-state index contributed by atoms with van der Waals surface area (Å²) in [7, 11) is 0. The Kier molecular flexibility index (Phi) is 6.07. The Labute approximate surface area is 182 Å². The molecule has 2 aromatic carbocycles. The number of rotatable bonds is 8. The minimum Gasteiger partial charge on any atom is -0.439 e. The number of amides is 1. The van der Waals surface area contributed by atoms with Gasteiger partial charge in [-0.05, 0) is 55.7 Å². The molecule has 1 aromatic heterocycles. The highest BCUT2D eigenvalue weighted by molar-refractivity contribution is 5.79. The number of carbonyl (C=O) groups excluding carboxylic acids is 1. The van der Waals surface area contributed by atoms with Crippen molar-refractivity contribution in [3.63, 3.8) is 0 Å². The third-order valence-corrected chi connectivity index (χ3v) is 5.48. The standard InChI is InChI=1S/C25H28FN3O2/c1-4-23-22(16-28(19-14-15-19)24(30)17(2)3)25(31-21-8-6-5-7-9-21)29(27-23)20-12-10-18(26)11-13-20/h5-13,17,19H,4,14-16H2,1-3H3. The van der Waals surface area contributed by atoms with Gasteiger partial charge in [-0.25, -0.2) is 9.07 Å². The zero-order valence-corrected chi connectivity index (χ0v) is 18.2. The van der Waals surface area contributed by atoms with E-state index in [9.17, 15) is 9.18 Å². The van der Waals surface area contributed by atoms with Crippen LogP contribution in [0.1, 0.15) is 44.9 Å². The third-order valence-electron chi connectivity index (χ3n) is 5.48. The van der Waals surface area contributed by atoms with Crippen LogP contribution in [-0.4, -0.2) is 26.6 Å². The zero-order valence-electron chi connectivity index (χ0n) is 18.2. The smallest absolute Gasteiger partial charge is 0.227 e. The average Bonchev–Trinajstić information content (AvgIpc) is 3.56. The number of halogens is 1. The lowest BCUT2D eigenvalue weighted by molar-refractivity contribution is -0.135. The number of benzene rings is 2. The SMILES string of the molecule is CCc1nn(-c2ccc(F)cc2)c(Oc2ccccc2)c1CN(C(=O)C(C)C)C1CC1. The van der Waals surface area contributed by atoms with E-state index in [1.54, 1.807) is 16.8 Å². The van der Waals surface area contributed by atoms with Crippen LogP contribution in [0.2, 0.25) is 0 Å². The Balaban J connectivity index is 1.80. The summed E-state index contributed by atoms with van der Waals surface area (Å²) in [6.45, 7) is 6.36. The number of aryl methyl sites for hydroxylation is 1. The third kappa shape index (κ3) is 4.63. The molecule has 1 aliphatic rings. The molecule has 5 nitrogen and oxygen atoms in total. The predicted molar refractivity (Wildman–Crippen MR) is 118 cm³/mol. The van der Waals surface area contributed by atoms with Crippen LogP contribution in [0.15, 0.2) is 54.6 Å². The summed E-state index contributed by atoms with van der Waals surface area (Å²) in [6.07, 6.45) is 2.75. The fourth-order valence-corrected chi connectivity index (χ4v) is 3.66. The maximum Gasteiger partial charge on any atom is 0.227 e. The van der Waals surface area contributed by atoms with Gasteiger partial charge in [0.15, 0.2) is 0 Å². The second-order valence-electron chi connectivity index (χ2n) is 8.24. The molecule has 1 saturated carbocycles. The zero-order chi connectivity index (χ0) is 22.0. The van der Waals surface area contributed by atoms with Crippen molar-refractivity contribution in [3.8, 4) is 17.3 Å². The molecule has 0 radical (unpaired) electrons. The topological polar surface area (TPSA) is 47.4 Å². The van der Waals surface area contributed by atoms with Crippen molar-refractivity contribution in [2.24, 2.45) is 5.92 Å². The van der Waals surface area contributed by atoms with Crippen LogP contribution in [0.3, 0.4) is 0 Å². The predicted octanol–water partition coefficient (Wildman–Crippen LogP) is 5.51. The molecule has 6 heteroatoms. The van der Waals surface area contributed by atoms with Gasteiger partial charge in [0.25, 0.3) is 0 Å². The largest absolute Gasteiger partial charge is 0.439 e. The molecule has 0 aliphatic heterocycles. The first-order chi connectivity index (χ1) is 15.0. The van der Waals surface area contributed by atoms with E-state index in [1.165, 1.54) is 12.1 Å². The van der Waals surface area contributed by atoms with Gasteiger partial charge in [0.2, 0.25) is 11.8 Å². The summed E-state index contributed by atoms with van der Waals surface area (Å²) in [6, 6.07) is 16.0. The Bertz CT molecular complexity index is 1040. The van der Waals surface area contributed by atoms with E-state index in [2.05, 4.69) is 0 Å². The first kappa shape index (κ1) is 21.1. The van der Waals surface area contributed by atoms with Crippen LogP contribution in [0.4, 0.5) is 4.39 Å². The first-order valence-corrected chi connectivity index (χ1v) is 10.9. The molecule has 162 valence electrons. The lowest BCUT2D eigenvalue weighted by Crippen LogP contribution is -2.35. The van der Waals surface area contributed by atoms with Crippen molar-refractivity contribution in [1.82, 2.24) is 14.7 Å². The summed E-state index contributed by atoms with van der Waals surface area (Å²) in [5.74, 6) is 1.01. The second-order valence-corrected chi connectivity index (χ2v) is 8.24. The van der Waals surface area contributed by atoms with Crippen LogP contribution >= 0.6 is 0 Å². The maximum atomic E-state index is 13.5. The molecule has 0 N–H and O–H groups in total. The van der Waals surface area contributed by atoms with Gasteiger partial charge in [0.05, 0.1) is 23.5 Å². The minimum atomic E-state index is -0.306. The fourth-order valence-electron chi connectivity index (χ4n) is 3.66. The number of ether oxygens (including phenoxy) is 1. The highest BCUT2D eigenvalue weighted by atomic mass is 19.1. The Morgan fingerprint density at radius 3 is 2.42 bits per heavy atom. The fraction of sp³-hybridized carbons (Fsp3) is 0.360. The van der Waals surface area contributed by atoms with Crippen molar-refractivity contribution < 1.29 is 13.9 Å². The van der Waals surface area contributed by atoms with Crippen molar-refractivity contribution >= 4 is 5.91 Å². The van der Waals surface area contributed by atoms with Gasteiger partial charge >= 0.3 is 0 Å². The van der Waals surface area contributed by atoms with Crippen molar-refractivity contribution in [2.45, 2.75) is 52.6 Å². The number of para-hydroxylation sites is 1. The first-order valence-electron chi connectivity index (χ1n) is 10.9. The molecule has 0 saturated heterocycles. The van der Waals surface area contributed by atoms with Gasteiger partial charge in [0, 0.05) is 12.0 Å². The second kappa shape index (κ2) is 8.92. The molecule has 1 heterocycles. The van der Waals surface area contributed by atoms with E-state index in [0.717, 1.165) is 24.1 Å². The summed E-state index contributed by atoms with van der Waals surface area (Å²) in [5, 5.41) is 4.79. The summed E-state index contributed by atoms with van der Waals surface area (Å²) < 4.78 is 21.6. The molecule has 1 fully saturated rings. The van der Waals surface area contributed by atoms with E-state index in [1.807, 2.05) is 56.0 Å². The van der Waals surface area contributed by atoms with E-state index in [4.69, 9.17) is 9.84 Å². The Hall–Kier alpha value is -3.15. The molecule has 0 atom stereocenters. The van der Waals surface area contributed by atoms with Crippen LogP contribution in [-0.2, 0) is 17.8 Å². The summed E-state index contributed by atoms with van der Waals surface area (Å²) >= 11 is 0. The van der Waals surface area contributed by atoms with Gasteiger partial charge in [-0.1, -0.05) is 39.0 Å². The van der Waals surface area contributed by atoms with E-state index < -0.39 is 0 Å². The molecule has 1 aliphatic carbocycles. The minimum absolute atomic E-state index is 0.0729. The van der Waals surface area contributed by atoms with Crippen LogP contribution in [0, 0.1) is 11.7 Å². The number of aromatic nitrogens is 2. The van der Waals surface area contributed by atoms with Crippen molar-refractivity contribution in [1.29, 1.82) is 0 Å².